The van der Waals surface area contributed by atoms with E-state index < -0.39 is 5.60 Å². The van der Waals surface area contributed by atoms with E-state index >= 15 is 0 Å². The molecule has 100 valence electrons. The molecule has 3 heteroatoms. The van der Waals surface area contributed by atoms with Crippen molar-refractivity contribution in [1.82, 2.24) is 0 Å². The van der Waals surface area contributed by atoms with Gasteiger partial charge in [-0.3, -0.25) is 4.79 Å². The second kappa shape index (κ2) is 4.12. The monoisotopic (exact) mass is 258 g/mol. The normalized spacial score (nSPS) is 32.8. The lowest BCUT2D eigenvalue weighted by Gasteiger charge is -2.25. The molecule has 0 amide bonds. The van der Waals surface area contributed by atoms with Crippen LogP contribution in [0.4, 0.5) is 0 Å². The van der Waals surface area contributed by atoms with Gasteiger partial charge in [-0.15, -0.1) is 0 Å². The Balaban J connectivity index is 1.96. The Morgan fingerprint density at radius 1 is 1.32 bits per heavy atom. The SMILES string of the molecule is COc1ccc([C@H]2C(C)=C[C@]3(C)OC(=O)C[C@H]23)cc1. The summed E-state index contributed by atoms with van der Waals surface area (Å²) in [4.78, 5) is 11.6. The summed E-state index contributed by atoms with van der Waals surface area (Å²) in [5.74, 6) is 1.25. The summed E-state index contributed by atoms with van der Waals surface area (Å²) in [5.41, 5.74) is 2.08. The largest absolute Gasteiger partial charge is 0.497 e. The number of esters is 1. The number of rotatable bonds is 2. The van der Waals surface area contributed by atoms with E-state index in [2.05, 4.69) is 25.1 Å². The number of hydrogen-bond acceptors (Lipinski definition) is 3. The van der Waals surface area contributed by atoms with Crippen LogP contribution in [0.25, 0.3) is 0 Å². The molecule has 1 aliphatic carbocycles. The molecule has 0 spiro atoms. The Morgan fingerprint density at radius 3 is 2.63 bits per heavy atom. The zero-order chi connectivity index (χ0) is 13.6. The van der Waals surface area contributed by atoms with Gasteiger partial charge in [0, 0.05) is 11.8 Å². The van der Waals surface area contributed by atoms with Gasteiger partial charge in [-0.05, 0) is 37.6 Å². The highest BCUT2D eigenvalue weighted by atomic mass is 16.6. The van der Waals surface area contributed by atoms with E-state index in [1.54, 1.807) is 7.11 Å². The van der Waals surface area contributed by atoms with Crippen LogP contribution in [0.5, 0.6) is 5.75 Å². The van der Waals surface area contributed by atoms with Crippen molar-refractivity contribution in [3.63, 3.8) is 0 Å². The van der Waals surface area contributed by atoms with E-state index in [4.69, 9.17) is 9.47 Å². The van der Waals surface area contributed by atoms with Crippen molar-refractivity contribution >= 4 is 5.97 Å². The third-order valence-electron chi connectivity index (χ3n) is 4.34. The maximum absolute atomic E-state index is 11.6. The summed E-state index contributed by atoms with van der Waals surface area (Å²) in [5, 5.41) is 0. The Labute approximate surface area is 113 Å². The lowest BCUT2D eigenvalue weighted by Crippen LogP contribution is -2.27. The molecule has 0 radical (unpaired) electrons. The highest BCUT2D eigenvalue weighted by Crippen LogP contribution is 2.52. The van der Waals surface area contributed by atoms with Gasteiger partial charge >= 0.3 is 5.97 Å². The molecule has 2 aliphatic rings. The number of hydrogen-bond donors (Lipinski definition) is 0. The Morgan fingerprint density at radius 2 is 2.00 bits per heavy atom. The minimum absolute atomic E-state index is 0.0882. The first kappa shape index (κ1) is 12.3. The van der Waals surface area contributed by atoms with E-state index in [9.17, 15) is 4.79 Å². The average molecular weight is 258 g/mol. The summed E-state index contributed by atoms with van der Waals surface area (Å²) in [6.45, 7) is 4.13. The number of ether oxygens (including phenoxy) is 2. The second-order valence-electron chi connectivity index (χ2n) is 5.61. The van der Waals surface area contributed by atoms with Crippen LogP contribution in [0.15, 0.2) is 35.9 Å². The quantitative estimate of drug-likeness (QED) is 0.604. The molecule has 0 aromatic heterocycles. The highest BCUT2D eigenvalue weighted by molar-refractivity contribution is 5.74. The number of carbonyl (C=O) groups is 1. The van der Waals surface area contributed by atoms with Crippen LogP contribution in [0.2, 0.25) is 0 Å². The molecule has 3 nitrogen and oxygen atoms in total. The molecule has 0 unspecified atom stereocenters. The summed E-state index contributed by atoms with van der Waals surface area (Å²) in [6, 6.07) is 8.09. The minimum Gasteiger partial charge on any atom is -0.497 e. The van der Waals surface area contributed by atoms with Gasteiger partial charge in [-0.2, -0.15) is 0 Å². The molecule has 1 aromatic rings. The fourth-order valence-corrected chi connectivity index (χ4v) is 3.50. The van der Waals surface area contributed by atoms with Crippen molar-refractivity contribution in [2.45, 2.75) is 31.8 Å². The first-order valence-corrected chi connectivity index (χ1v) is 6.58. The molecule has 1 heterocycles. The van der Waals surface area contributed by atoms with Gasteiger partial charge in [0.15, 0.2) is 0 Å². The minimum atomic E-state index is -0.425. The van der Waals surface area contributed by atoms with Crippen molar-refractivity contribution in [1.29, 1.82) is 0 Å². The van der Waals surface area contributed by atoms with Gasteiger partial charge in [0.05, 0.1) is 13.5 Å². The van der Waals surface area contributed by atoms with Crippen molar-refractivity contribution in [3.8, 4) is 5.75 Å². The van der Waals surface area contributed by atoms with Crippen LogP contribution < -0.4 is 4.74 Å². The Bertz CT molecular complexity index is 544. The van der Waals surface area contributed by atoms with Crippen molar-refractivity contribution in [2.75, 3.05) is 7.11 Å². The Kier molecular flexibility index (Phi) is 2.66. The van der Waals surface area contributed by atoms with Crippen molar-refractivity contribution < 1.29 is 14.3 Å². The molecule has 0 N–H and O–H groups in total. The van der Waals surface area contributed by atoms with E-state index in [0.29, 0.717) is 6.42 Å². The molecule has 1 saturated heterocycles. The van der Waals surface area contributed by atoms with Crippen LogP contribution >= 0.6 is 0 Å². The van der Waals surface area contributed by atoms with Crippen molar-refractivity contribution in [2.24, 2.45) is 5.92 Å². The maximum Gasteiger partial charge on any atom is 0.307 e. The number of benzene rings is 1. The van der Waals surface area contributed by atoms with E-state index in [-0.39, 0.29) is 17.8 Å². The molecule has 19 heavy (non-hydrogen) atoms. The number of methoxy groups -OCH3 is 1. The lowest BCUT2D eigenvalue weighted by molar-refractivity contribution is -0.144. The van der Waals surface area contributed by atoms with Gasteiger partial charge in [-0.1, -0.05) is 17.7 Å². The van der Waals surface area contributed by atoms with Crippen LogP contribution in [0.1, 0.15) is 31.7 Å². The predicted molar refractivity (Wildman–Crippen MR) is 72.1 cm³/mol. The average Bonchev–Trinajstić information content (AvgIpc) is 2.77. The molecule has 3 rings (SSSR count). The third-order valence-corrected chi connectivity index (χ3v) is 4.34. The van der Waals surface area contributed by atoms with Crippen molar-refractivity contribution in [3.05, 3.63) is 41.5 Å². The third kappa shape index (κ3) is 1.84. The Hall–Kier alpha value is -1.77. The van der Waals surface area contributed by atoms with E-state index in [0.717, 1.165) is 5.75 Å². The van der Waals surface area contributed by atoms with Crippen LogP contribution in [0, 0.1) is 5.92 Å². The van der Waals surface area contributed by atoms with Crippen LogP contribution in [0.3, 0.4) is 0 Å². The molecule has 1 aromatic carbocycles. The van der Waals surface area contributed by atoms with Gasteiger partial charge < -0.3 is 9.47 Å². The molecule has 3 atom stereocenters. The highest BCUT2D eigenvalue weighted by Gasteiger charge is 2.52. The van der Waals surface area contributed by atoms with Crippen LogP contribution in [-0.2, 0) is 9.53 Å². The summed E-state index contributed by atoms with van der Waals surface area (Å²) in [7, 11) is 1.66. The number of fused-ring (bicyclic) bond motifs is 1. The zero-order valence-corrected chi connectivity index (χ0v) is 11.5. The topological polar surface area (TPSA) is 35.5 Å². The van der Waals surface area contributed by atoms with Gasteiger partial charge in [0.1, 0.15) is 11.4 Å². The summed E-state index contributed by atoms with van der Waals surface area (Å²) in [6.07, 6.45) is 2.61. The number of carbonyl (C=O) groups excluding carboxylic acids is 1. The molecule has 0 bridgehead atoms. The zero-order valence-electron chi connectivity index (χ0n) is 11.5. The first-order valence-electron chi connectivity index (χ1n) is 6.58. The smallest absolute Gasteiger partial charge is 0.307 e. The first-order chi connectivity index (χ1) is 9.03. The molecule has 0 saturated carbocycles. The fraction of sp³-hybridized carbons (Fsp3) is 0.438. The van der Waals surface area contributed by atoms with E-state index in [1.165, 1.54) is 11.1 Å². The molecule has 1 aliphatic heterocycles. The van der Waals surface area contributed by atoms with E-state index in [1.807, 2.05) is 19.1 Å². The fourth-order valence-electron chi connectivity index (χ4n) is 3.50. The lowest BCUT2D eigenvalue weighted by atomic mass is 9.80. The maximum atomic E-state index is 11.6. The molecular weight excluding hydrogens is 240 g/mol. The predicted octanol–water partition coefficient (Wildman–Crippen LogP) is 3.06. The second-order valence-corrected chi connectivity index (χ2v) is 5.61. The summed E-state index contributed by atoms with van der Waals surface area (Å²) >= 11 is 0. The van der Waals surface area contributed by atoms with Gasteiger partial charge in [0.25, 0.3) is 0 Å². The van der Waals surface area contributed by atoms with Gasteiger partial charge in [0.2, 0.25) is 0 Å². The molecular formula is C16H18O3. The standard InChI is InChI=1S/C16H18O3/c1-10-9-16(2)13(8-14(17)19-16)15(10)11-4-6-12(18-3)7-5-11/h4-7,9,13,15H,8H2,1-3H3/t13-,15-,16+/m1/s1. The summed E-state index contributed by atoms with van der Waals surface area (Å²) < 4.78 is 10.7. The van der Waals surface area contributed by atoms with Crippen LogP contribution in [-0.4, -0.2) is 18.7 Å². The molecule has 1 fully saturated rings. The number of allylic oxidation sites excluding steroid dienone is 1. The van der Waals surface area contributed by atoms with Gasteiger partial charge in [-0.25, -0.2) is 0 Å².